The first-order valence-corrected chi connectivity index (χ1v) is 3.93. The van der Waals surface area contributed by atoms with E-state index in [1.165, 1.54) is 12.8 Å². The summed E-state index contributed by atoms with van der Waals surface area (Å²) in [6, 6.07) is 0.235. The molecule has 1 rings (SSSR count). The fraction of sp³-hybridized carbons (Fsp3) is 0.750. The number of piperidine rings is 1. The maximum absolute atomic E-state index is 9.28. The van der Waals surface area contributed by atoms with Crippen LogP contribution in [0.5, 0.6) is 0 Å². The van der Waals surface area contributed by atoms with Gasteiger partial charge in [-0.1, -0.05) is 6.42 Å². The summed E-state index contributed by atoms with van der Waals surface area (Å²) in [4.78, 5) is 0. The smallest absolute Gasteiger partial charge is 0.105 e. The zero-order chi connectivity index (χ0) is 7.40. The van der Waals surface area contributed by atoms with E-state index in [0.29, 0.717) is 5.76 Å². The van der Waals surface area contributed by atoms with E-state index < -0.39 is 0 Å². The third-order valence-electron chi connectivity index (χ3n) is 1.96. The van der Waals surface area contributed by atoms with E-state index in [-0.39, 0.29) is 6.04 Å². The minimum absolute atomic E-state index is 0.235. The molecular formula is C8H15NO. The van der Waals surface area contributed by atoms with Gasteiger partial charge in [-0.05, 0) is 32.4 Å². The Kier molecular flexibility index (Phi) is 2.75. The number of rotatable bonds is 1. The first kappa shape index (κ1) is 7.61. The summed E-state index contributed by atoms with van der Waals surface area (Å²) < 4.78 is 0. The van der Waals surface area contributed by atoms with Crippen LogP contribution in [0.25, 0.3) is 0 Å². The minimum Gasteiger partial charge on any atom is -0.511 e. The molecule has 1 aliphatic heterocycles. The lowest BCUT2D eigenvalue weighted by molar-refractivity contribution is 0.305. The van der Waals surface area contributed by atoms with Crippen molar-refractivity contribution in [3.8, 4) is 0 Å². The fourth-order valence-electron chi connectivity index (χ4n) is 1.31. The molecular weight excluding hydrogens is 126 g/mol. The van der Waals surface area contributed by atoms with Crippen molar-refractivity contribution < 1.29 is 5.11 Å². The van der Waals surface area contributed by atoms with Crippen molar-refractivity contribution in [1.82, 2.24) is 5.32 Å². The first-order valence-electron chi connectivity index (χ1n) is 3.93. The van der Waals surface area contributed by atoms with Gasteiger partial charge in [0.05, 0.1) is 6.04 Å². The molecule has 0 aromatic heterocycles. The summed E-state index contributed by atoms with van der Waals surface area (Å²) in [6.45, 7) is 2.91. The summed E-state index contributed by atoms with van der Waals surface area (Å²) in [5.41, 5.74) is 0. The molecule has 1 saturated heterocycles. The van der Waals surface area contributed by atoms with Gasteiger partial charge in [-0.15, -0.1) is 0 Å². The molecule has 1 atom stereocenters. The molecule has 2 N–H and O–H groups in total. The molecule has 1 fully saturated rings. The average molecular weight is 141 g/mol. The zero-order valence-electron chi connectivity index (χ0n) is 6.43. The maximum Gasteiger partial charge on any atom is 0.105 e. The molecule has 1 heterocycles. The lowest BCUT2D eigenvalue weighted by atomic mass is 10.0. The zero-order valence-corrected chi connectivity index (χ0v) is 6.43. The lowest BCUT2D eigenvalue weighted by Crippen LogP contribution is -2.35. The first-order chi connectivity index (χ1) is 4.84. The second-order valence-electron chi connectivity index (χ2n) is 2.72. The number of hydrogen-bond acceptors (Lipinski definition) is 2. The van der Waals surface area contributed by atoms with Gasteiger partial charge >= 0.3 is 0 Å². The molecule has 0 aliphatic carbocycles. The Bertz CT molecular complexity index is 125. The van der Waals surface area contributed by atoms with Gasteiger partial charge < -0.3 is 10.4 Å². The van der Waals surface area contributed by atoms with Crippen molar-refractivity contribution in [1.29, 1.82) is 0 Å². The highest BCUT2D eigenvalue weighted by Gasteiger charge is 2.14. The Balaban J connectivity index is 2.39. The van der Waals surface area contributed by atoms with Crippen LogP contribution in [0.2, 0.25) is 0 Å². The van der Waals surface area contributed by atoms with E-state index in [4.69, 9.17) is 0 Å². The van der Waals surface area contributed by atoms with Gasteiger partial charge in [0.15, 0.2) is 0 Å². The van der Waals surface area contributed by atoms with Crippen LogP contribution >= 0.6 is 0 Å². The molecule has 0 bridgehead atoms. The largest absolute Gasteiger partial charge is 0.511 e. The van der Waals surface area contributed by atoms with Gasteiger partial charge in [0.1, 0.15) is 5.76 Å². The normalized spacial score (nSPS) is 28.5. The van der Waals surface area contributed by atoms with E-state index in [1.807, 2.05) is 6.92 Å². The van der Waals surface area contributed by atoms with Gasteiger partial charge in [0.25, 0.3) is 0 Å². The Morgan fingerprint density at radius 1 is 1.60 bits per heavy atom. The Labute approximate surface area is 61.9 Å². The quantitative estimate of drug-likeness (QED) is 0.543. The molecule has 0 saturated carbocycles. The Morgan fingerprint density at radius 3 is 2.90 bits per heavy atom. The predicted octanol–water partition coefficient (Wildman–Crippen LogP) is 1.59. The van der Waals surface area contributed by atoms with E-state index in [9.17, 15) is 5.11 Å². The maximum atomic E-state index is 9.28. The number of allylic oxidation sites excluding steroid dienone is 1. The molecule has 58 valence electrons. The molecule has 2 nitrogen and oxygen atoms in total. The van der Waals surface area contributed by atoms with E-state index in [0.717, 1.165) is 13.0 Å². The van der Waals surface area contributed by atoms with Crippen molar-refractivity contribution in [2.45, 2.75) is 32.2 Å². The summed E-state index contributed by atoms with van der Waals surface area (Å²) in [5, 5.41) is 12.5. The molecule has 10 heavy (non-hydrogen) atoms. The van der Waals surface area contributed by atoms with Crippen molar-refractivity contribution in [2.24, 2.45) is 0 Å². The highest BCUT2D eigenvalue weighted by molar-refractivity contribution is 5.00. The van der Waals surface area contributed by atoms with Crippen LogP contribution < -0.4 is 5.32 Å². The van der Waals surface area contributed by atoms with Crippen LogP contribution in [-0.2, 0) is 0 Å². The van der Waals surface area contributed by atoms with Crippen molar-refractivity contribution in [3.63, 3.8) is 0 Å². The molecule has 0 aromatic rings. The fourth-order valence-corrected chi connectivity index (χ4v) is 1.31. The highest BCUT2D eigenvalue weighted by Crippen LogP contribution is 2.11. The molecule has 0 aromatic carbocycles. The Hall–Kier alpha value is -0.500. The summed E-state index contributed by atoms with van der Waals surface area (Å²) in [7, 11) is 0. The third kappa shape index (κ3) is 1.74. The third-order valence-corrected chi connectivity index (χ3v) is 1.96. The molecule has 0 amide bonds. The van der Waals surface area contributed by atoms with Crippen LogP contribution in [0.1, 0.15) is 26.2 Å². The summed E-state index contributed by atoms with van der Waals surface area (Å²) >= 11 is 0. The number of hydrogen-bond donors (Lipinski definition) is 2. The number of aliphatic hydroxyl groups excluding tert-OH is 1. The van der Waals surface area contributed by atoms with Gasteiger partial charge in [0, 0.05) is 0 Å². The molecule has 1 aliphatic rings. The number of nitrogens with one attached hydrogen (secondary N) is 1. The lowest BCUT2D eigenvalue weighted by Gasteiger charge is -2.22. The van der Waals surface area contributed by atoms with Crippen LogP contribution in [0.4, 0.5) is 0 Å². The second-order valence-corrected chi connectivity index (χ2v) is 2.72. The van der Waals surface area contributed by atoms with Gasteiger partial charge in [0.2, 0.25) is 0 Å². The van der Waals surface area contributed by atoms with E-state index in [2.05, 4.69) is 5.32 Å². The Morgan fingerprint density at radius 2 is 2.40 bits per heavy atom. The van der Waals surface area contributed by atoms with Crippen molar-refractivity contribution in [2.75, 3.05) is 6.54 Å². The van der Waals surface area contributed by atoms with Gasteiger partial charge in [-0.25, -0.2) is 0 Å². The van der Waals surface area contributed by atoms with Crippen LogP contribution in [0.3, 0.4) is 0 Å². The molecule has 1 unspecified atom stereocenters. The topological polar surface area (TPSA) is 32.3 Å². The SMILES string of the molecule is C/C=C(\O)C1CCCCN1. The molecule has 0 radical (unpaired) electrons. The van der Waals surface area contributed by atoms with E-state index >= 15 is 0 Å². The standard InChI is InChI=1S/C8H15NO/c1-2-8(10)7-5-3-4-6-9-7/h2,7,9-10H,3-6H2,1H3/b8-2-. The van der Waals surface area contributed by atoms with Crippen LogP contribution in [-0.4, -0.2) is 17.7 Å². The van der Waals surface area contributed by atoms with Gasteiger partial charge in [-0.2, -0.15) is 0 Å². The van der Waals surface area contributed by atoms with E-state index in [1.54, 1.807) is 6.08 Å². The second kappa shape index (κ2) is 3.62. The van der Waals surface area contributed by atoms with Crippen molar-refractivity contribution >= 4 is 0 Å². The summed E-state index contributed by atoms with van der Waals surface area (Å²) in [6.07, 6.45) is 5.32. The van der Waals surface area contributed by atoms with Crippen LogP contribution in [0.15, 0.2) is 11.8 Å². The van der Waals surface area contributed by atoms with Crippen molar-refractivity contribution in [3.05, 3.63) is 11.8 Å². The summed E-state index contributed by atoms with van der Waals surface area (Å²) in [5.74, 6) is 0.500. The molecule has 2 heteroatoms. The highest BCUT2D eigenvalue weighted by atomic mass is 16.3. The van der Waals surface area contributed by atoms with Gasteiger partial charge in [-0.3, -0.25) is 0 Å². The average Bonchev–Trinajstić information content (AvgIpc) is 2.05. The molecule has 0 spiro atoms. The van der Waals surface area contributed by atoms with Crippen LogP contribution in [0, 0.1) is 0 Å². The monoisotopic (exact) mass is 141 g/mol. The number of aliphatic hydroxyl groups is 1. The predicted molar refractivity (Wildman–Crippen MR) is 42.0 cm³/mol. The minimum atomic E-state index is 0.235.